The first-order valence-corrected chi connectivity index (χ1v) is 6.23. The van der Waals surface area contributed by atoms with Crippen LogP contribution in [0.15, 0.2) is 16.8 Å². The number of ether oxygens (including phenoxy) is 2. The molecule has 17 heavy (non-hydrogen) atoms. The summed E-state index contributed by atoms with van der Waals surface area (Å²) >= 11 is 1.54. The molecule has 0 unspecified atom stereocenters. The molecule has 0 saturated carbocycles. The molecule has 1 aliphatic heterocycles. The Morgan fingerprint density at radius 1 is 1.47 bits per heavy atom. The highest BCUT2D eigenvalue weighted by atomic mass is 32.1. The van der Waals surface area contributed by atoms with Gasteiger partial charge in [-0.3, -0.25) is 4.79 Å². The molecule has 0 spiro atoms. The van der Waals surface area contributed by atoms with Crippen molar-refractivity contribution in [2.75, 3.05) is 0 Å². The molecule has 1 saturated heterocycles. The van der Waals surface area contributed by atoms with Crippen LogP contribution in [-0.4, -0.2) is 24.1 Å². The molecule has 2 N–H and O–H groups in total. The predicted molar refractivity (Wildman–Crippen MR) is 61.2 cm³/mol. The number of nitrogens with two attached hydrogens (primary N) is 1. The number of hydrogen-bond donors (Lipinski definition) is 1. The number of primary amides is 1. The minimum absolute atomic E-state index is 0.240. The largest absolute Gasteiger partial charge is 0.459 e. The molecular weight excluding hydrogens is 242 g/mol. The molecule has 1 fully saturated rings. The summed E-state index contributed by atoms with van der Waals surface area (Å²) in [7, 11) is 0. The van der Waals surface area contributed by atoms with E-state index in [1.165, 1.54) is 0 Å². The smallest absolute Gasteiger partial charge is 0.335 e. The second kappa shape index (κ2) is 5.29. The summed E-state index contributed by atoms with van der Waals surface area (Å²) in [4.78, 5) is 22.5. The van der Waals surface area contributed by atoms with Gasteiger partial charge in [0.1, 0.15) is 12.7 Å². The van der Waals surface area contributed by atoms with Crippen LogP contribution in [0.25, 0.3) is 0 Å². The average molecular weight is 255 g/mol. The van der Waals surface area contributed by atoms with Crippen LogP contribution < -0.4 is 5.73 Å². The molecule has 1 aromatic heterocycles. The highest BCUT2D eigenvalue weighted by molar-refractivity contribution is 7.07. The van der Waals surface area contributed by atoms with Gasteiger partial charge in [0, 0.05) is 5.56 Å². The van der Waals surface area contributed by atoms with Crippen LogP contribution in [0.1, 0.15) is 18.4 Å². The van der Waals surface area contributed by atoms with E-state index in [-0.39, 0.29) is 6.61 Å². The lowest BCUT2D eigenvalue weighted by molar-refractivity contribution is -0.158. The van der Waals surface area contributed by atoms with Crippen LogP contribution in [0.5, 0.6) is 0 Å². The van der Waals surface area contributed by atoms with Gasteiger partial charge in [-0.25, -0.2) is 4.79 Å². The van der Waals surface area contributed by atoms with Crippen molar-refractivity contribution in [2.45, 2.75) is 31.7 Å². The van der Waals surface area contributed by atoms with E-state index in [0.29, 0.717) is 12.8 Å². The van der Waals surface area contributed by atoms with Gasteiger partial charge in [-0.15, -0.1) is 0 Å². The maximum absolute atomic E-state index is 11.6. The second-order valence-corrected chi connectivity index (χ2v) is 4.61. The fourth-order valence-electron chi connectivity index (χ4n) is 1.64. The van der Waals surface area contributed by atoms with Crippen molar-refractivity contribution in [1.82, 2.24) is 0 Å². The molecule has 92 valence electrons. The molecule has 6 heteroatoms. The topological polar surface area (TPSA) is 78.6 Å². The van der Waals surface area contributed by atoms with E-state index < -0.39 is 24.1 Å². The summed E-state index contributed by atoms with van der Waals surface area (Å²) in [5.41, 5.74) is 6.05. The second-order valence-electron chi connectivity index (χ2n) is 3.83. The van der Waals surface area contributed by atoms with Crippen molar-refractivity contribution in [3.05, 3.63) is 22.4 Å². The molecule has 2 atom stereocenters. The molecule has 1 aliphatic rings. The third kappa shape index (κ3) is 3.04. The zero-order valence-electron chi connectivity index (χ0n) is 9.13. The van der Waals surface area contributed by atoms with Crippen LogP contribution >= 0.6 is 11.3 Å². The van der Waals surface area contributed by atoms with Crippen molar-refractivity contribution in [3.8, 4) is 0 Å². The van der Waals surface area contributed by atoms with E-state index in [4.69, 9.17) is 15.2 Å². The summed E-state index contributed by atoms with van der Waals surface area (Å²) in [5.74, 6) is -0.960. The molecule has 0 radical (unpaired) electrons. The maximum atomic E-state index is 11.6. The number of esters is 1. The number of carbonyl (C=O) groups excluding carboxylic acids is 2. The fourth-order valence-corrected chi connectivity index (χ4v) is 2.30. The minimum Gasteiger partial charge on any atom is -0.459 e. The van der Waals surface area contributed by atoms with Crippen LogP contribution in [0.2, 0.25) is 0 Å². The quantitative estimate of drug-likeness (QED) is 0.808. The van der Waals surface area contributed by atoms with Crippen molar-refractivity contribution in [1.29, 1.82) is 0 Å². The van der Waals surface area contributed by atoms with Crippen molar-refractivity contribution >= 4 is 23.2 Å². The Morgan fingerprint density at radius 2 is 2.24 bits per heavy atom. The Kier molecular flexibility index (Phi) is 3.75. The van der Waals surface area contributed by atoms with Crippen molar-refractivity contribution in [3.63, 3.8) is 0 Å². The van der Waals surface area contributed by atoms with E-state index in [1.54, 1.807) is 11.3 Å². The fraction of sp³-hybridized carbons (Fsp3) is 0.455. The number of amides is 1. The molecule has 1 amide bonds. The van der Waals surface area contributed by atoms with Gasteiger partial charge in [-0.2, -0.15) is 11.3 Å². The molecule has 0 aliphatic carbocycles. The van der Waals surface area contributed by atoms with Crippen molar-refractivity contribution in [2.24, 2.45) is 5.73 Å². The van der Waals surface area contributed by atoms with E-state index in [0.717, 1.165) is 5.56 Å². The molecule has 0 bridgehead atoms. The Labute approximate surface area is 103 Å². The predicted octanol–water partition coefficient (Wildman–Crippen LogP) is 0.824. The standard InChI is InChI=1S/C11H13NO4S/c12-10(13)8-1-2-9(16-8)11(14)15-5-7-3-4-17-6-7/h3-4,6,8-9H,1-2,5H2,(H2,12,13)/t8-,9-/m1/s1. The lowest BCUT2D eigenvalue weighted by atomic mass is 10.2. The van der Waals surface area contributed by atoms with E-state index in [1.807, 2.05) is 16.8 Å². The zero-order valence-corrected chi connectivity index (χ0v) is 9.94. The number of rotatable bonds is 4. The summed E-state index contributed by atoms with van der Waals surface area (Å²) < 4.78 is 10.3. The van der Waals surface area contributed by atoms with E-state index in [2.05, 4.69) is 0 Å². The molecular formula is C11H13NO4S. The Hall–Kier alpha value is -1.40. The summed E-state index contributed by atoms with van der Waals surface area (Å²) in [5, 5.41) is 3.83. The van der Waals surface area contributed by atoms with E-state index >= 15 is 0 Å². The number of hydrogen-bond acceptors (Lipinski definition) is 5. The molecule has 1 aromatic rings. The average Bonchev–Trinajstić information content (AvgIpc) is 2.96. The summed E-state index contributed by atoms with van der Waals surface area (Å²) in [6, 6.07) is 1.89. The third-order valence-electron chi connectivity index (χ3n) is 2.56. The minimum atomic E-state index is -0.661. The summed E-state index contributed by atoms with van der Waals surface area (Å²) in [6.07, 6.45) is -0.358. The zero-order chi connectivity index (χ0) is 12.3. The van der Waals surface area contributed by atoms with Crippen LogP contribution in [0, 0.1) is 0 Å². The van der Waals surface area contributed by atoms with Crippen LogP contribution in [0.3, 0.4) is 0 Å². The first-order chi connectivity index (χ1) is 8.16. The van der Waals surface area contributed by atoms with Gasteiger partial charge in [0.25, 0.3) is 0 Å². The van der Waals surface area contributed by atoms with Gasteiger partial charge in [0.05, 0.1) is 0 Å². The van der Waals surface area contributed by atoms with Crippen molar-refractivity contribution < 1.29 is 19.1 Å². The Morgan fingerprint density at radius 3 is 2.82 bits per heavy atom. The normalized spacial score (nSPS) is 23.5. The Balaban J connectivity index is 1.79. The van der Waals surface area contributed by atoms with E-state index in [9.17, 15) is 9.59 Å². The van der Waals surface area contributed by atoms with Gasteiger partial charge in [0.15, 0.2) is 6.10 Å². The molecule has 0 aromatic carbocycles. The molecule has 2 heterocycles. The highest BCUT2D eigenvalue weighted by Gasteiger charge is 2.34. The Bertz CT molecular complexity index is 404. The first-order valence-electron chi connectivity index (χ1n) is 5.29. The highest BCUT2D eigenvalue weighted by Crippen LogP contribution is 2.21. The van der Waals surface area contributed by atoms with Gasteiger partial charge in [0.2, 0.25) is 5.91 Å². The molecule has 2 rings (SSSR count). The lowest BCUT2D eigenvalue weighted by Gasteiger charge is -2.10. The SMILES string of the molecule is NC(=O)[C@H]1CC[C@H](C(=O)OCc2ccsc2)O1. The molecule has 5 nitrogen and oxygen atoms in total. The third-order valence-corrected chi connectivity index (χ3v) is 3.29. The van der Waals surface area contributed by atoms with Crippen LogP contribution in [-0.2, 0) is 25.7 Å². The van der Waals surface area contributed by atoms with Crippen LogP contribution in [0.4, 0.5) is 0 Å². The first kappa shape index (κ1) is 12.1. The van der Waals surface area contributed by atoms with Gasteiger partial charge < -0.3 is 15.2 Å². The van der Waals surface area contributed by atoms with Gasteiger partial charge in [-0.1, -0.05) is 0 Å². The monoisotopic (exact) mass is 255 g/mol. The lowest BCUT2D eigenvalue weighted by Crippen LogP contribution is -2.31. The summed E-state index contributed by atoms with van der Waals surface area (Å²) in [6.45, 7) is 0.240. The van der Waals surface area contributed by atoms with Gasteiger partial charge >= 0.3 is 5.97 Å². The number of thiophene rings is 1. The number of carbonyl (C=O) groups is 2. The van der Waals surface area contributed by atoms with Gasteiger partial charge in [-0.05, 0) is 29.7 Å². The maximum Gasteiger partial charge on any atom is 0.335 e.